The van der Waals surface area contributed by atoms with Crippen molar-refractivity contribution >= 4 is 33.2 Å². The SMILES string of the molecule is O=C(CN1CCOC(c2cccc(Br)c2)C1)Nc1ccc(N2CCCC2)cc1. The number of rotatable bonds is 5. The van der Waals surface area contributed by atoms with E-state index < -0.39 is 0 Å². The number of halogens is 1. The Bertz CT molecular complexity index is 806. The fourth-order valence-electron chi connectivity index (χ4n) is 3.89. The lowest BCUT2D eigenvalue weighted by Crippen LogP contribution is -2.42. The van der Waals surface area contributed by atoms with Crippen molar-refractivity contribution in [3.05, 3.63) is 58.6 Å². The summed E-state index contributed by atoms with van der Waals surface area (Å²) in [6.07, 6.45) is 2.52. The first-order valence-corrected chi connectivity index (χ1v) is 10.7. The number of carbonyl (C=O) groups excluding carboxylic acids is 1. The van der Waals surface area contributed by atoms with Gasteiger partial charge in [0.2, 0.25) is 5.91 Å². The smallest absolute Gasteiger partial charge is 0.238 e. The van der Waals surface area contributed by atoms with Crippen LogP contribution in [0.2, 0.25) is 0 Å². The molecular formula is C22H26BrN3O2. The third-order valence-electron chi connectivity index (χ3n) is 5.36. The van der Waals surface area contributed by atoms with E-state index in [1.54, 1.807) is 0 Å². The molecule has 6 heteroatoms. The molecule has 2 aromatic rings. The average molecular weight is 444 g/mol. The van der Waals surface area contributed by atoms with Crippen molar-refractivity contribution < 1.29 is 9.53 Å². The van der Waals surface area contributed by atoms with E-state index >= 15 is 0 Å². The lowest BCUT2D eigenvalue weighted by molar-refractivity contribution is -0.119. The molecule has 148 valence electrons. The van der Waals surface area contributed by atoms with Gasteiger partial charge in [0, 0.05) is 42.0 Å². The van der Waals surface area contributed by atoms with Crippen LogP contribution in [0, 0.1) is 0 Å². The van der Waals surface area contributed by atoms with E-state index in [4.69, 9.17) is 4.74 Å². The van der Waals surface area contributed by atoms with Crippen LogP contribution >= 0.6 is 15.9 Å². The zero-order valence-corrected chi connectivity index (χ0v) is 17.5. The fourth-order valence-corrected chi connectivity index (χ4v) is 4.31. The van der Waals surface area contributed by atoms with Gasteiger partial charge in [-0.25, -0.2) is 0 Å². The van der Waals surface area contributed by atoms with E-state index in [1.807, 2.05) is 24.3 Å². The van der Waals surface area contributed by atoms with Gasteiger partial charge in [-0.3, -0.25) is 9.69 Å². The number of morpholine rings is 1. The summed E-state index contributed by atoms with van der Waals surface area (Å²) in [6.45, 7) is 4.75. The van der Waals surface area contributed by atoms with E-state index in [0.717, 1.165) is 41.9 Å². The van der Waals surface area contributed by atoms with E-state index in [9.17, 15) is 4.79 Å². The number of nitrogens with one attached hydrogen (secondary N) is 1. The van der Waals surface area contributed by atoms with Crippen molar-refractivity contribution in [2.45, 2.75) is 18.9 Å². The number of ether oxygens (including phenoxy) is 1. The molecule has 2 fully saturated rings. The summed E-state index contributed by atoms with van der Waals surface area (Å²) in [7, 11) is 0. The van der Waals surface area contributed by atoms with Gasteiger partial charge in [0.25, 0.3) is 0 Å². The third-order valence-corrected chi connectivity index (χ3v) is 5.85. The normalized spacial score (nSPS) is 20.3. The van der Waals surface area contributed by atoms with Gasteiger partial charge < -0.3 is 15.0 Å². The first-order valence-electron chi connectivity index (χ1n) is 9.92. The summed E-state index contributed by atoms with van der Waals surface area (Å²) in [4.78, 5) is 17.1. The highest BCUT2D eigenvalue weighted by atomic mass is 79.9. The number of anilines is 2. The van der Waals surface area contributed by atoms with Gasteiger partial charge in [-0.05, 0) is 54.8 Å². The molecule has 2 aliphatic heterocycles. The second-order valence-corrected chi connectivity index (χ2v) is 8.35. The number of benzene rings is 2. The maximum Gasteiger partial charge on any atom is 0.238 e. The monoisotopic (exact) mass is 443 g/mol. The summed E-state index contributed by atoms with van der Waals surface area (Å²) < 4.78 is 6.95. The Morgan fingerprint density at radius 2 is 1.89 bits per heavy atom. The lowest BCUT2D eigenvalue weighted by Gasteiger charge is -2.32. The number of hydrogen-bond acceptors (Lipinski definition) is 4. The highest BCUT2D eigenvalue weighted by molar-refractivity contribution is 9.10. The van der Waals surface area contributed by atoms with Gasteiger partial charge in [0.15, 0.2) is 0 Å². The number of carbonyl (C=O) groups is 1. The Balaban J connectivity index is 1.30. The molecule has 0 spiro atoms. The van der Waals surface area contributed by atoms with Crippen molar-refractivity contribution in [1.29, 1.82) is 0 Å². The minimum atomic E-state index is -0.00112. The zero-order chi connectivity index (χ0) is 19.3. The van der Waals surface area contributed by atoms with Crippen LogP contribution in [0.15, 0.2) is 53.0 Å². The molecule has 28 heavy (non-hydrogen) atoms. The molecule has 1 N–H and O–H groups in total. The predicted molar refractivity (Wildman–Crippen MR) is 116 cm³/mol. The van der Waals surface area contributed by atoms with Gasteiger partial charge in [-0.2, -0.15) is 0 Å². The molecule has 1 unspecified atom stereocenters. The van der Waals surface area contributed by atoms with Crippen LogP contribution < -0.4 is 10.2 Å². The quantitative estimate of drug-likeness (QED) is 0.756. The molecule has 2 aromatic carbocycles. The average Bonchev–Trinajstić information content (AvgIpc) is 3.23. The summed E-state index contributed by atoms with van der Waals surface area (Å²) in [5, 5.41) is 3.02. The van der Waals surface area contributed by atoms with Crippen molar-refractivity contribution in [2.24, 2.45) is 0 Å². The molecule has 5 nitrogen and oxygen atoms in total. The Labute approximate surface area is 174 Å². The second kappa shape index (κ2) is 9.07. The molecular weight excluding hydrogens is 418 g/mol. The topological polar surface area (TPSA) is 44.8 Å². The van der Waals surface area contributed by atoms with Crippen LogP contribution in [-0.2, 0) is 9.53 Å². The van der Waals surface area contributed by atoms with Gasteiger partial charge in [0.1, 0.15) is 0 Å². The molecule has 0 radical (unpaired) electrons. The lowest BCUT2D eigenvalue weighted by atomic mass is 10.1. The highest BCUT2D eigenvalue weighted by Crippen LogP contribution is 2.25. The van der Waals surface area contributed by atoms with Crippen molar-refractivity contribution in [3.63, 3.8) is 0 Å². The summed E-state index contributed by atoms with van der Waals surface area (Å²) in [5.74, 6) is 0.0174. The largest absolute Gasteiger partial charge is 0.372 e. The van der Waals surface area contributed by atoms with Gasteiger partial charge in [-0.1, -0.05) is 28.1 Å². The van der Waals surface area contributed by atoms with E-state index in [2.05, 4.69) is 55.3 Å². The maximum absolute atomic E-state index is 12.5. The second-order valence-electron chi connectivity index (χ2n) is 7.44. The summed E-state index contributed by atoms with van der Waals surface area (Å²) in [6, 6.07) is 16.4. The standard InChI is InChI=1S/C22H26BrN3O2/c23-18-5-3-4-17(14-18)21-15-25(12-13-28-21)16-22(27)24-19-6-8-20(9-7-19)26-10-1-2-11-26/h3-9,14,21H,1-2,10-13,15-16H2,(H,24,27). The Morgan fingerprint density at radius 3 is 2.64 bits per heavy atom. The Kier molecular flexibility index (Phi) is 6.29. The Morgan fingerprint density at radius 1 is 1.11 bits per heavy atom. The maximum atomic E-state index is 12.5. The van der Waals surface area contributed by atoms with Gasteiger partial charge in [-0.15, -0.1) is 0 Å². The molecule has 2 aliphatic rings. The minimum Gasteiger partial charge on any atom is -0.372 e. The molecule has 0 saturated carbocycles. The van der Waals surface area contributed by atoms with Gasteiger partial charge in [0.05, 0.1) is 19.3 Å². The van der Waals surface area contributed by atoms with Crippen LogP contribution in [0.5, 0.6) is 0 Å². The predicted octanol–water partition coefficient (Wildman–Crippen LogP) is 4.06. The number of amides is 1. The zero-order valence-electron chi connectivity index (χ0n) is 15.9. The van der Waals surface area contributed by atoms with Crippen LogP contribution in [0.3, 0.4) is 0 Å². The van der Waals surface area contributed by atoms with Crippen molar-refractivity contribution in [3.8, 4) is 0 Å². The molecule has 2 heterocycles. The minimum absolute atomic E-state index is 0.00112. The third kappa shape index (κ3) is 4.93. The van der Waals surface area contributed by atoms with Crippen LogP contribution in [0.4, 0.5) is 11.4 Å². The van der Waals surface area contributed by atoms with Crippen LogP contribution in [-0.4, -0.2) is 50.1 Å². The fraction of sp³-hybridized carbons (Fsp3) is 0.409. The van der Waals surface area contributed by atoms with Crippen molar-refractivity contribution in [2.75, 3.05) is 49.5 Å². The molecule has 0 bridgehead atoms. The van der Waals surface area contributed by atoms with Crippen LogP contribution in [0.1, 0.15) is 24.5 Å². The van der Waals surface area contributed by atoms with E-state index in [1.165, 1.54) is 18.5 Å². The van der Waals surface area contributed by atoms with Gasteiger partial charge >= 0.3 is 0 Å². The number of nitrogens with zero attached hydrogens (tertiary/aromatic N) is 2. The molecule has 4 rings (SSSR count). The summed E-state index contributed by atoms with van der Waals surface area (Å²) >= 11 is 3.51. The van der Waals surface area contributed by atoms with E-state index in [-0.39, 0.29) is 12.0 Å². The van der Waals surface area contributed by atoms with E-state index in [0.29, 0.717) is 13.2 Å². The number of hydrogen-bond donors (Lipinski definition) is 1. The molecule has 2 saturated heterocycles. The molecule has 1 amide bonds. The first-order chi connectivity index (χ1) is 13.7. The highest BCUT2D eigenvalue weighted by Gasteiger charge is 2.23. The molecule has 1 atom stereocenters. The Hall–Kier alpha value is -1.89. The first kappa shape index (κ1) is 19.4. The molecule has 0 aliphatic carbocycles. The summed E-state index contributed by atoms with van der Waals surface area (Å²) in [5.41, 5.74) is 3.22. The molecule has 0 aromatic heterocycles. The van der Waals surface area contributed by atoms with Crippen LogP contribution in [0.25, 0.3) is 0 Å². The van der Waals surface area contributed by atoms with Crippen molar-refractivity contribution in [1.82, 2.24) is 4.90 Å².